The van der Waals surface area contributed by atoms with Crippen molar-refractivity contribution in [2.45, 2.75) is 32.6 Å². The van der Waals surface area contributed by atoms with Crippen molar-refractivity contribution in [3.8, 4) is 0 Å². The zero-order valence-corrected chi connectivity index (χ0v) is 9.93. The zero-order valence-electron chi connectivity index (χ0n) is 9.93. The molecule has 1 aromatic carbocycles. The summed E-state index contributed by atoms with van der Waals surface area (Å²) in [6, 6.07) is 5.69. The minimum Gasteiger partial charge on any atom is -0.481 e. The van der Waals surface area contributed by atoms with E-state index in [2.05, 4.69) is 0 Å². The summed E-state index contributed by atoms with van der Waals surface area (Å²) < 4.78 is 0. The molecule has 4 heteroatoms. The Labute approximate surface area is 99.9 Å². The van der Waals surface area contributed by atoms with Crippen LogP contribution < -0.4 is 0 Å². The number of rotatable bonds is 5. The Morgan fingerprint density at radius 1 is 1.12 bits per heavy atom. The normalized spacial score (nSPS) is 10.5. The highest BCUT2D eigenvalue weighted by atomic mass is 16.4. The molecule has 17 heavy (non-hydrogen) atoms. The third kappa shape index (κ3) is 3.90. The third-order valence-electron chi connectivity index (χ3n) is 2.72. The molecule has 0 aliphatic rings. The van der Waals surface area contributed by atoms with E-state index < -0.39 is 17.9 Å². The van der Waals surface area contributed by atoms with Crippen molar-refractivity contribution in [1.82, 2.24) is 0 Å². The lowest BCUT2D eigenvalue weighted by atomic mass is 9.88. The second kappa shape index (κ2) is 5.48. The van der Waals surface area contributed by atoms with Gasteiger partial charge < -0.3 is 10.2 Å². The van der Waals surface area contributed by atoms with Crippen molar-refractivity contribution in [3.63, 3.8) is 0 Å². The van der Waals surface area contributed by atoms with Crippen LogP contribution in [0.5, 0.6) is 0 Å². The quantitative estimate of drug-likeness (QED) is 0.822. The molecule has 0 spiro atoms. The van der Waals surface area contributed by atoms with Crippen LogP contribution in [0.15, 0.2) is 18.2 Å². The standard InChI is InChI=1S/C13H16O4/c1-8-3-4-9(2)11(5-8)10(6-12(14)15)7-13(16)17/h3-5,10H,6-7H2,1-2H3,(H,14,15)(H,16,17). The van der Waals surface area contributed by atoms with Gasteiger partial charge in [-0.15, -0.1) is 0 Å². The minimum absolute atomic E-state index is 0.156. The van der Waals surface area contributed by atoms with E-state index in [4.69, 9.17) is 10.2 Å². The van der Waals surface area contributed by atoms with Crippen molar-refractivity contribution in [2.75, 3.05) is 0 Å². The molecule has 0 amide bonds. The smallest absolute Gasteiger partial charge is 0.303 e. The Bertz CT molecular complexity index is 421. The molecule has 92 valence electrons. The molecule has 0 aromatic heterocycles. The molecule has 0 fully saturated rings. The van der Waals surface area contributed by atoms with Gasteiger partial charge in [0.2, 0.25) is 0 Å². The molecule has 0 unspecified atom stereocenters. The average Bonchev–Trinajstić information content (AvgIpc) is 2.19. The van der Waals surface area contributed by atoms with Crippen LogP contribution in [-0.4, -0.2) is 22.2 Å². The molecule has 0 aliphatic carbocycles. The molecule has 4 nitrogen and oxygen atoms in total. The lowest BCUT2D eigenvalue weighted by molar-refractivity contribution is -0.139. The van der Waals surface area contributed by atoms with E-state index in [1.165, 1.54) is 0 Å². The first-order valence-corrected chi connectivity index (χ1v) is 5.41. The van der Waals surface area contributed by atoms with E-state index in [1.54, 1.807) is 0 Å². The van der Waals surface area contributed by atoms with Gasteiger partial charge in [-0.1, -0.05) is 23.8 Å². The summed E-state index contributed by atoms with van der Waals surface area (Å²) in [6.45, 7) is 3.77. The van der Waals surface area contributed by atoms with Crippen molar-refractivity contribution in [1.29, 1.82) is 0 Å². The highest BCUT2D eigenvalue weighted by Gasteiger charge is 2.20. The maximum atomic E-state index is 10.8. The molecule has 0 bridgehead atoms. The summed E-state index contributed by atoms with van der Waals surface area (Å²) in [5.74, 6) is -2.42. The Morgan fingerprint density at radius 3 is 2.12 bits per heavy atom. The summed E-state index contributed by atoms with van der Waals surface area (Å²) in [6.07, 6.45) is -0.312. The molecule has 1 aromatic rings. The van der Waals surface area contributed by atoms with Crippen molar-refractivity contribution >= 4 is 11.9 Å². The second-order valence-electron chi connectivity index (χ2n) is 4.25. The number of benzene rings is 1. The fourth-order valence-corrected chi connectivity index (χ4v) is 1.91. The topological polar surface area (TPSA) is 74.6 Å². The van der Waals surface area contributed by atoms with Crippen LogP contribution in [0.3, 0.4) is 0 Å². The van der Waals surface area contributed by atoms with Gasteiger partial charge in [0.15, 0.2) is 0 Å². The Balaban J connectivity index is 3.06. The van der Waals surface area contributed by atoms with E-state index in [0.717, 1.165) is 16.7 Å². The first kappa shape index (κ1) is 13.2. The van der Waals surface area contributed by atoms with Gasteiger partial charge in [-0.05, 0) is 25.0 Å². The third-order valence-corrected chi connectivity index (χ3v) is 2.72. The van der Waals surface area contributed by atoms with E-state index in [9.17, 15) is 9.59 Å². The van der Waals surface area contributed by atoms with E-state index in [1.807, 2.05) is 32.0 Å². The van der Waals surface area contributed by atoms with Crippen molar-refractivity contribution in [3.05, 3.63) is 34.9 Å². The van der Waals surface area contributed by atoms with E-state index in [0.29, 0.717) is 0 Å². The van der Waals surface area contributed by atoms with Gasteiger partial charge >= 0.3 is 11.9 Å². The molecule has 0 atom stereocenters. The molecular weight excluding hydrogens is 220 g/mol. The van der Waals surface area contributed by atoms with Crippen LogP contribution >= 0.6 is 0 Å². The molecule has 0 radical (unpaired) electrons. The average molecular weight is 236 g/mol. The maximum Gasteiger partial charge on any atom is 0.303 e. The first-order chi connectivity index (χ1) is 7.90. The van der Waals surface area contributed by atoms with Gasteiger partial charge in [0.05, 0.1) is 12.8 Å². The summed E-state index contributed by atoms with van der Waals surface area (Å²) >= 11 is 0. The van der Waals surface area contributed by atoms with E-state index in [-0.39, 0.29) is 12.8 Å². The summed E-state index contributed by atoms with van der Waals surface area (Å²) in [7, 11) is 0. The number of carboxylic acid groups (broad SMARTS) is 2. The number of hydrogen-bond acceptors (Lipinski definition) is 2. The van der Waals surface area contributed by atoms with Gasteiger partial charge in [-0.2, -0.15) is 0 Å². The van der Waals surface area contributed by atoms with Gasteiger partial charge in [0.25, 0.3) is 0 Å². The molecular formula is C13H16O4. The summed E-state index contributed by atoms with van der Waals surface area (Å²) in [4.78, 5) is 21.5. The van der Waals surface area contributed by atoms with Crippen LogP contribution in [0, 0.1) is 13.8 Å². The van der Waals surface area contributed by atoms with Crippen LogP contribution in [0.4, 0.5) is 0 Å². The summed E-state index contributed by atoms with van der Waals surface area (Å²) in [5.41, 5.74) is 2.75. The van der Waals surface area contributed by atoms with Crippen molar-refractivity contribution in [2.24, 2.45) is 0 Å². The largest absolute Gasteiger partial charge is 0.481 e. The van der Waals surface area contributed by atoms with Gasteiger partial charge in [-0.25, -0.2) is 0 Å². The highest BCUT2D eigenvalue weighted by molar-refractivity contribution is 5.72. The van der Waals surface area contributed by atoms with Gasteiger partial charge in [0.1, 0.15) is 0 Å². The fourth-order valence-electron chi connectivity index (χ4n) is 1.91. The zero-order chi connectivity index (χ0) is 13.0. The molecule has 0 heterocycles. The van der Waals surface area contributed by atoms with Crippen LogP contribution in [0.1, 0.15) is 35.4 Å². The molecule has 0 saturated carbocycles. The van der Waals surface area contributed by atoms with Crippen molar-refractivity contribution < 1.29 is 19.8 Å². The molecule has 0 saturated heterocycles. The Kier molecular flexibility index (Phi) is 4.26. The number of carboxylic acids is 2. The second-order valence-corrected chi connectivity index (χ2v) is 4.25. The molecule has 0 aliphatic heterocycles. The molecule has 1 rings (SSSR count). The lowest BCUT2D eigenvalue weighted by Crippen LogP contribution is -2.12. The predicted molar refractivity (Wildman–Crippen MR) is 63.2 cm³/mol. The number of aryl methyl sites for hydroxylation is 2. The van der Waals surface area contributed by atoms with Crippen LogP contribution in [-0.2, 0) is 9.59 Å². The number of aliphatic carboxylic acids is 2. The lowest BCUT2D eigenvalue weighted by Gasteiger charge is -2.16. The number of hydrogen-bond donors (Lipinski definition) is 2. The first-order valence-electron chi connectivity index (χ1n) is 5.41. The van der Waals surface area contributed by atoms with Gasteiger partial charge in [0, 0.05) is 5.92 Å². The van der Waals surface area contributed by atoms with Crippen LogP contribution in [0.25, 0.3) is 0 Å². The SMILES string of the molecule is Cc1ccc(C)c(C(CC(=O)O)CC(=O)O)c1. The Hall–Kier alpha value is -1.84. The predicted octanol–water partition coefficient (Wildman–Crippen LogP) is 2.34. The van der Waals surface area contributed by atoms with Gasteiger partial charge in [-0.3, -0.25) is 9.59 Å². The summed E-state index contributed by atoms with van der Waals surface area (Å²) in [5, 5.41) is 17.7. The monoisotopic (exact) mass is 236 g/mol. The van der Waals surface area contributed by atoms with Crippen LogP contribution in [0.2, 0.25) is 0 Å². The Morgan fingerprint density at radius 2 is 1.65 bits per heavy atom. The maximum absolute atomic E-state index is 10.8. The highest BCUT2D eigenvalue weighted by Crippen LogP contribution is 2.27. The fraction of sp³-hybridized carbons (Fsp3) is 0.385. The minimum atomic E-state index is -0.975. The number of carbonyl (C=O) groups is 2. The van der Waals surface area contributed by atoms with E-state index >= 15 is 0 Å². The molecule has 2 N–H and O–H groups in total.